The number of rotatable bonds is 6. The minimum absolute atomic E-state index is 0.190. The van der Waals surface area contributed by atoms with Crippen LogP contribution in [0.4, 0.5) is 0 Å². The molecule has 1 unspecified atom stereocenters. The summed E-state index contributed by atoms with van der Waals surface area (Å²) in [6, 6.07) is 11.9. The van der Waals surface area contributed by atoms with E-state index in [1.54, 1.807) is 6.26 Å². The van der Waals surface area contributed by atoms with Crippen LogP contribution in [0.25, 0.3) is 0 Å². The highest BCUT2D eigenvalue weighted by Crippen LogP contribution is 2.18. The van der Waals surface area contributed by atoms with Crippen LogP contribution >= 0.6 is 11.6 Å². The van der Waals surface area contributed by atoms with E-state index in [2.05, 4.69) is 5.43 Å². The number of hydrogen-bond donors (Lipinski definition) is 2. The van der Waals surface area contributed by atoms with Gasteiger partial charge in [0, 0.05) is 17.5 Å². The van der Waals surface area contributed by atoms with Crippen molar-refractivity contribution < 1.29 is 4.42 Å². The van der Waals surface area contributed by atoms with Gasteiger partial charge < -0.3 is 4.42 Å². The fourth-order valence-corrected chi connectivity index (χ4v) is 2.16. The van der Waals surface area contributed by atoms with Crippen LogP contribution in [0.15, 0.2) is 47.1 Å². The lowest BCUT2D eigenvalue weighted by Crippen LogP contribution is -2.37. The molecule has 0 aliphatic rings. The molecule has 3 nitrogen and oxygen atoms in total. The normalized spacial score (nSPS) is 12.6. The molecule has 0 fully saturated rings. The molecule has 1 aromatic carbocycles. The number of hydrogen-bond acceptors (Lipinski definition) is 3. The molecule has 4 heteroatoms. The maximum atomic E-state index is 6.14. The maximum Gasteiger partial charge on any atom is 0.103 e. The van der Waals surface area contributed by atoms with Crippen molar-refractivity contribution in [3.05, 3.63) is 59.0 Å². The van der Waals surface area contributed by atoms with Gasteiger partial charge in [-0.05, 0) is 36.6 Å². The molecule has 0 saturated carbocycles. The Morgan fingerprint density at radius 2 is 2.06 bits per heavy atom. The number of aryl methyl sites for hydroxylation is 1. The SMILES string of the molecule is NNC(CCc1ccco1)Cc1ccccc1Cl. The summed E-state index contributed by atoms with van der Waals surface area (Å²) >= 11 is 6.14. The van der Waals surface area contributed by atoms with Crippen molar-refractivity contribution in [1.82, 2.24) is 5.43 Å². The Hall–Kier alpha value is -1.29. The summed E-state index contributed by atoms with van der Waals surface area (Å²) in [6.07, 6.45) is 4.28. The second kappa shape index (κ2) is 6.59. The van der Waals surface area contributed by atoms with Crippen molar-refractivity contribution in [3.63, 3.8) is 0 Å². The molecule has 0 spiro atoms. The molecule has 2 rings (SSSR count). The summed E-state index contributed by atoms with van der Waals surface area (Å²) in [4.78, 5) is 0. The summed E-state index contributed by atoms with van der Waals surface area (Å²) in [5.41, 5.74) is 3.95. The van der Waals surface area contributed by atoms with Gasteiger partial charge in [-0.15, -0.1) is 0 Å². The third-order valence-corrected chi connectivity index (χ3v) is 3.35. The van der Waals surface area contributed by atoms with E-state index in [-0.39, 0.29) is 6.04 Å². The summed E-state index contributed by atoms with van der Waals surface area (Å²) < 4.78 is 5.31. The first-order valence-electron chi connectivity index (χ1n) is 6.01. The Morgan fingerprint density at radius 3 is 2.72 bits per heavy atom. The number of hydrazine groups is 1. The highest BCUT2D eigenvalue weighted by atomic mass is 35.5. The van der Waals surface area contributed by atoms with E-state index in [4.69, 9.17) is 21.9 Å². The van der Waals surface area contributed by atoms with Crippen molar-refractivity contribution in [3.8, 4) is 0 Å². The fraction of sp³-hybridized carbons (Fsp3) is 0.286. The van der Waals surface area contributed by atoms with Gasteiger partial charge in [-0.3, -0.25) is 11.3 Å². The monoisotopic (exact) mass is 264 g/mol. The minimum atomic E-state index is 0.190. The number of benzene rings is 1. The molecule has 0 aliphatic heterocycles. The van der Waals surface area contributed by atoms with E-state index >= 15 is 0 Å². The first-order valence-corrected chi connectivity index (χ1v) is 6.39. The first-order chi connectivity index (χ1) is 8.79. The third-order valence-electron chi connectivity index (χ3n) is 2.98. The standard InChI is InChI=1S/C14H17ClN2O/c15-14-6-2-1-4-11(14)10-12(17-16)7-8-13-5-3-9-18-13/h1-6,9,12,17H,7-8,10,16H2. The molecule has 1 heterocycles. The first kappa shape index (κ1) is 13.1. The predicted octanol–water partition coefficient (Wildman–Crippen LogP) is 2.94. The van der Waals surface area contributed by atoms with Gasteiger partial charge >= 0.3 is 0 Å². The molecule has 0 saturated heterocycles. The van der Waals surface area contributed by atoms with E-state index in [1.165, 1.54) is 0 Å². The fourth-order valence-electron chi connectivity index (χ4n) is 1.95. The third kappa shape index (κ3) is 3.60. The number of halogens is 1. The van der Waals surface area contributed by atoms with Crippen molar-refractivity contribution >= 4 is 11.6 Å². The molecule has 2 aromatic rings. The van der Waals surface area contributed by atoms with Crippen LogP contribution in [0.5, 0.6) is 0 Å². The van der Waals surface area contributed by atoms with E-state index in [0.717, 1.165) is 35.6 Å². The van der Waals surface area contributed by atoms with Gasteiger partial charge in [-0.25, -0.2) is 0 Å². The zero-order valence-electron chi connectivity index (χ0n) is 10.1. The number of furan rings is 1. The van der Waals surface area contributed by atoms with Gasteiger partial charge in [0.05, 0.1) is 6.26 Å². The zero-order valence-corrected chi connectivity index (χ0v) is 10.9. The van der Waals surface area contributed by atoms with Crippen LogP contribution < -0.4 is 11.3 Å². The van der Waals surface area contributed by atoms with Gasteiger partial charge in [0.25, 0.3) is 0 Å². The Morgan fingerprint density at radius 1 is 1.22 bits per heavy atom. The molecule has 18 heavy (non-hydrogen) atoms. The Balaban J connectivity index is 1.91. The van der Waals surface area contributed by atoms with E-state index in [1.807, 2.05) is 36.4 Å². The van der Waals surface area contributed by atoms with Gasteiger partial charge in [-0.2, -0.15) is 0 Å². The Labute approximate surface area is 112 Å². The van der Waals surface area contributed by atoms with Gasteiger partial charge in [-0.1, -0.05) is 29.8 Å². The largest absolute Gasteiger partial charge is 0.469 e. The van der Waals surface area contributed by atoms with Crippen LogP contribution in [-0.4, -0.2) is 6.04 Å². The molecule has 3 N–H and O–H groups in total. The summed E-state index contributed by atoms with van der Waals surface area (Å²) in [6.45, 7) is 0. The van der Waals surface area contributed by atoms with E-state index in [0.29, 0.717) is 0 Å². The average Bonchev–Trinajstić information content (AvgIpc) is 2.90. The second-order valence-corrected chi connectivity index (χ2v) is 4.68. The van der Waals surface area contributed by atoms with Crippen LogP contribution in [0.3, 0.4) is 0 Å². The van der Waals surface area contributed by atoms with Crippen LogP contribution in [0.2, 0.25) is 5.02 Å². The van der Waals surface area contributed by atoms with E-state index in [9.17, 15) is 0 Å². The minimum Gasteiger partial charge on any atom is -0.469 e. The number of nitrogens with one attached hydrogen (secondary N) is 1. The summed E-state index contributed by atoms with van der Waals surface area (Å²) in [5, 5.41) is 0.788. The quantitative estimate of drug-likeness (QED) is 0.623. The topological polar surface area (TPSA) is 51.2 Å². The molecule has 1 atom stereocenters. The Bertz CT molecular complexity index is 470. The molecular weight excluding hydrogens is 248 g/mol. The van der Waals surface area contributed by atoms with Gasteiger partial charge in [0.15, 0.2) is 0 Å². The van der Waals surface area contributed by atoms with Crippen LogP contribution in [0.1, 0.15) is 17.7 Å². The van der Waals surface area contributed by atoms with Crippen molar-refractivity contribution in [1.29, 1.82) is 0 Å². The lowest BCUT2D eigenvalue weighted by Gasteiger charge is -2.16. The lowest BCUT2D eigenvalue weighted by atomic mass is 10.0. The predicted molar refractivity (Wildman–Crippen MR) is 73.3 cm³/mol. The molecule has 0 aliphatic carbocycles. The Kier molecular flexibility index (Phi) is 4.81. The van der Waals surface area contributed by atoms with Crippen LogP contribution in [-0.2, 0) is 12.8 Å². The average molecular weight is 265 g/mol. The van der Waals surface area contributed by atoms with E-state index < -0.39 is 0 Å². The molecule has 0 bridgehead atoms. The van der Waals surface area contributed by atoms with Gasteiger partial charge in [0.1, 0.15) is 5.76 Å². The highest BCUT2D eigenvalue weighted by molar-refractivity contribution is 6.31. The molecule has 0 amide bonds. The van der Waals surface area contributed by atoms with Gasteiger partial charge in [0.2, 0.25) is 0 Å². The summed E-state index contributed by atoms with van der Waals surface area (Å²) in [7, 11) is 0. The van der Waals surface area contributed by atoms with Crippen LogP contribution in [0, 0.1) is 0 Å². The summed E-state index contributed by atoms with van der Waals surface area (Å²) in [5.74, 6) is 6.57. The van der Waals surface area contributed by atoms with Crippen molar-refractivity contribution in [2.45, 2.75) is 25.3 Å². The highest BCUT2D eigenvalue weighted by Gasteiger charge is 2.10. The maximum absolute atomic E-state index is 6.14. The molecule has 96 valence electrons. The lowest BCUT2D eigenvalue weighted by molar-refractivity contribution is 0.447. The van der Waals surface area contributed by atoms with Crippen molar-refractivity contribution in [2.24, 2.45) is 5.84 Å². The second-order valence-electron chi connectivity index (χ2n) is 4.28. The molecule has 1 aromatic heterocycles. The smallest absolute Gasteiger partial charge is 0.103 e. The zero-order chi connectivity index (χ0) is 12.8. The van der Waals surface area contributed by atoms with Crippen molar-refractivity contribution in [2.75, 3.05) is 0 Å². The molecule has 0 radical (unpaired) electrons. The number of nitrogens with two attached hydrogens (primary N) is 1. The molecular formula is C14H17ClN2O.